The number of rotatable bonds is 5. The van der Waals surface area contributed by atoms with Gasteiger partial charge >= 0.3 is 5.97 Å². The topological polar surface area (TPSA) is 120 Å². The zero-order chi connectivity index (χ0) is 14.8. The molecule has 0 amide bonds. The van der Waals surface area contributed by atoms with Crippen molar-refractivity contribution in [3.05, 3.63) is 17.1 Å². The molecule has 1 unspecified atom stereocenters. The molecule has 19 heavy (non-hydrogen) atoms. The van der Waals surface area contributed by atoms with Crippen molar-refractivity contribution in [1.82, 2.24) is 4.72 Å². The SMILES string of the molecule is Cc1oc(C)c(S(=O)(=O)NC(C)CC#N)c1C(=O)O. The molecule has 1 atom stereocenters. The summed E-state index contributed by atoms with van der Waals surface area (Å²) in [6, 6.07) is 1.21. The number of furan rings is 1. The maximum absolute atomic E-state index is 12.1. The minimum absolute atomic E-state index is 0.00607. The highest BCUT2D eigenvalue weighted by Gasteiger charge is 2.31. The van der Waals surface area contributed by atoms with Crippen LogP contribution < -0.4 is 4.72 Å². The molecule has 0 saturated heterocycles. The number of nitrogens with zero attached hydrogens (tertiary/aromatic N) is 1. The summed E-state index contributed by atoms with van der Waals surface area (Å²) in [5, 5.41) is 17.6. The first-order valence-corrected chi connectivity index (χ1v) is 6.91. The third-order valence-electron chi connectivity index (χ3n) is 2.44. The molecule has 0 aromatic carbocycles. The van der Waals surface area contributed by atoms with E-state index in [1.165, 1.54) is 20.8 Å². The third-order valence-corrected chi connectivity index (χ3v) is 4.18. The van der Waals surface area contributed by atoms with E-state index in [0.29, 0.717) is 0 Å². The molecular formula is C11H14N2O5S. The average molecular weight is 286 g/mol. The number of carboxylic acids is 1. The summed E-state index contributed by atoms with van der Waals surface area (Å²) in [7, 11) is -4.04. The summed E-state index contributed by atoms with van der Waals surface area (Å²) in [4.78, 5) is 10.7. The first kappa shape index (κ1) is 15.2. The molecule has 0 aliphatic heterocycles. The Hall–Kier alpha value is -1.85. The minimum Gasteiger partial charge on any atom is -0.478 e. The molecule has 2 N–H and O–H groups in total. The number of carbonyl (C=O) groups is 1. The maximum Gasteiger partial charge on any atom is 0.340 e. The summed E-state index contributed by atoms with van der Waals surface area (Å²) in [6.07, 6.45) is -0.0164. The predicted octanol–water partition coefficient (Wildman–Crippen LogP) is 1.18. The molecule has 7 nitrogen and oxygen atoms in total. The van der Waals surface area contributed by atoms with Crippen LogP contribution in [0.3, 0.4) is 0 Å². The predicted molar refractivity (Wildman–Crippen MR) is 65.2 cm³/mol. The Morgan fingerprint density at radius 1 is 1.47 bits per heavy atom. The fourth-order valence-electron chi connectivity index (χ4n) is 1.74. The summed E-state index contributed by atoms with van der Waals surface area (Å²) >= 11 is 0. The second kappa shape index (κ2) is 5.42. The molecule has 8 heteroatoms. The molecule has 1 rings (SSSR count). The number of hydrogen-bond acceptors (Lipinski definition) is 5. The maximum atomic E-state index is 12.1. The summed E-state index contributed by atoms with van der Waals surface area (Å²) in [5.41, 5.74) is -0.380. The summed E-state index contributed by atoms with van der Waals surface area (Å²) in [5.74, 6) is -1.34. The van der Waals surface area contributed by atoms with Crippen LogP contribution in [-0.2, 0) is 10.0 Å². The first-order valence-electron chi connectivity index (χ1n) is 5.43. The monoisotopic (exact) mass is 286 g/mol. The van der Waals surface area contributed by atoms with Crippen LogP contribution in [0.5, 0.6) is 0 Å². The van der Waals surface area contributed by atoms with Gasteiger partial charge in [0.2, 0.25) is 10.0 Å². The fraction of sp³-hybridized carbons (Fsp3) is 0.455. The van der Waals surface area contributed by atoms with Crippen molar-refractivity contribution in [3.8, 4) is 6.07 Å². The van der Waals surface area contributed by atoms with E-state index in [9.17, 15) is 13.2 Å². The van der Waals surface area contributed by atoms with E-state index in [1.807, 2.05) is 6.07 Å². The van der Waals surface area contributed by atoms with Crippen molar-refractivity contribution >= 4 is 16.0 Å². The lowest BCUT2D eigenvalue weighted by molar-refractivity contribution is 0.0691. The van der Waals surface area contributed by atoms with E-state index >= 15 is 0 Å². The van der Waals surface area contributed by atoms with Gasteiger partial charge in [-0.2, -0.15) is 5.26 Å². The van der Waals surface area contributed by atoms with Gasteiger partial charge in [-0.05, 0) is 20.8 Å². The summed E-state index contributed by atoms with van der Waals surface area (Å²) < 4.78 is 31.6. The van der Waals surface area contributed by atoms with E-state index in [0.717, 1.165) is 0 Å². The van der Waals surface area contributed by atoms with Gasteiger partial charge < -0.3 is 9.52 Å². The van der Waals surface area contributed by atoms with Gasteiger partial charge in [0.25, 0.3) is 0 Å². The molecule has 1 heterocycles. The fourth-order valence-corrected chi connectivity index (χ4v) is 3.39. The average Bonchev–Trinajstić information content (AvgIpc) is 2.53. The number of hydrogen-bond donors (Lipinski definition) is 2. The Morgan fingerprint density at radius 2 is 2.05 bits per heavy atom. The number of aryl methyl sites for hydroxylation is 2. The normalized spacial score (nSPS) is 12.9. The van der Waals surface area contributed by atoms with Crippen LogP contribution in [0.2, 0.25) is 0 Å². The van der Waals surface area contributed by atoms with Gasteiger partial charge in [0.05, 0.1) is 12.5 Å². The van der Waals surface area contributed by atoms with Crippen LogP contribution in [-0.4, -0.2) is 25.5 Å². The Balaban J connectivity index is 3.30. The lowest BCUT2D eigenvalue weighted by Crippen LogP contribution is -2.33. The first-order chi connectivity index (χ1) is 8.70. The molecule has 0 aliphatic rings. The van der Waals surface area contributed by atoms with Crippen molar-refractivity contribution in [2.45, 2.75) is 38.1 Å². The third kappa shape index (κ3) is 3.13. The molecule has 1 aromatic heterocycles. The summed E-state index contributed by atoms with van der Waals surface area (Å²) in [6.45, 7) is 4.28. The van der Waals surface area contributed by atoms with Crippen molar-refractivity contribution in [1.29, 1.82) is 5.26 Å². The van der Waals surface area contributed by atoms with Gasteiger partial charge in [0, 0.05) is 6.04 Å². The van der Waals surface area contributed by atoms with Gasteiger partial charge in [-0.25, -0.2) is 17.9 Å². The second-order valence-electron chi connectivity index (χ2n) is 4.11. The van der Waals surface area contributed by atoms with Crippen molar-refractivity contribution in [2.75, 3.05) is 0 Å². The number of aromatic carboxylic acids is 1. The Labute approximate surface area is 110 Å². The molecule has 0 radical (unpaired) electrons. The quantitative estimate of drug-likeness (QED) is 0.838. The van der Waals surface area contributed by atoms with Crippen LogP contribution in [0.15, 0.2) is 9.31 Å². The molecule has 0 bridgehead atoms. The highest BCUT2D eigenvalue weighted by Crippen LogP contribution is 2.26. The van der Waals surface area contributed by atoms with Gasteiger partial charge in [-0.15, -0.1) is 0 Å². The lowest BCUT2D eigenvalue weighted by Gasteiger charge is -2.11. The van der Waals surface area contributed by atoms with Crippen LogP contribution in [0.25, 0.3) is 0 Å². The second-order valence-corrected chi connectivity index (χ2v) is 5.76. The lowest BCUT2D eigenvalue weighted by atomic mass is 10.2. The highest BCUT2D eigenvalue weighted by atomic mass is 32.2. The Kier molecular flexibility index (Phi) is 4.34. The van der Waals surface area contributed by atoms with E-state index < -0.39 is 22.0 Å². The van der Waals surface area contributed by atoms with Crippen molar-refractivity contribution < 1.29 is 22.7 Å². The van der Waals surface area contributed by atoms with Crippen LogP contribution in [0, 0.1) is 25.2 Å². The Morgan fingerprint density at radius 3 is 2.53 bits per heavy atom. The zero-order valence-electron chi connectivity index (χ0n) is 10.7. The van der Waals surface area contributed by atoms with E-state index in [4.69, 9.17) is 14.8 Å². The van der Waals surface area contributed by atoms with Gasteiger partial charge in [0.15, 0.2) is 0 Å². The van der Waals surface area contributed by atoms with Gasteiger partial charge in [-0.3, -0.25) is 0 Å². The molecule has 104 valence electrons. The molecule has 0 aliphatic carbocycles. The van der Waals surface area contributed by atoms with E-state index in [2.05, 4.69) is 4.72 Å². The number of nitrogens with one attached hydrogen (secondary N) is 1. The molecular weight excluding hydrogens is 272 g/mol. The molecule has 0 fully saturated rings. The number of nitriles is 1. The van der Waals surface area contributed by atoms with Crippen molar-refractivity contribution in [3.63, 3.8) is 0 Å². The van der Waals surface area contributed by atoms with E-state index in [1.54, 1.807) is 0 Å². The van der Waals surface area contributed by atoms with Gasteiger partial charge in [-0.1, -0.05) is 0 Å². The molecule has 1 aromatic rings. The standard InChI is InChI=1S/C11H14N2O5S/c1-6(4-5-12)13-19(16,17)10-8(3)18-7(2)9(10)11(14)15/h6,13H,4H2,1-3H3,(H,14,15). The minimum atomic E-state index is -4.04. The highest BCUT2D eigenvalue weighted by molar-refractivity contribution is 7.89. The van der Waals surface area contributed by atoms with Crippen LogP contribution in [0.4, 0.5) is 0 Å². The smallest absolute Gasteiger partial charge is 0.340 e. The Bertz CT molecular complexity index is 639. The number of sulfonamides is 1. The van der Waals surface area contributed by atoms with E-state index in [-0.39, 0.29) is 28.4 Å². The van der Waals surface area contributed by atoms with Crippen molar-refractivity contribution in [2.24, 2.45) is 0 Å². The van der Waals surface area contributed by atoms with Crippen LogP contribution in [0.1, 0.15) is 35.2 Å². The van der Waals surface area contributed by atoms with Gasteiger partial charge in [0.1, 0.15) is 22.0 Å². The molecule has 0 spiro atoms. The largest absolute Gasteiger partial charge is 0.478 e. The van der Waals surface area contributed by atoms with Crippen LogP contribution >= 0.6 is 0 Å². The zero-order valence-corrected chi connectivity index (χ0v) is 11.5. The molecule has 0 saturated carbocycles. The number of carboxylic acid groups (broad SMARTS) is 1.